The maximum atomic E-state index is 8.68. The summed E-state index contributed by atoms with van der Waals surface area (Å²) in [6.07, 6.45) is 4.23. The topological polar surface area (TPSA) is 73.9 Å². The summed E-state index contributed by atoms with van der Waals surface area (Å²) in [6.45, 7) is 6.54. The molecule has 0 aliphatic heterocycles. The van der Waals surface area contributed by atoms with Gasteiger partial charge in [-0.15, -0.1) is 0 Å². The number of nitrogens with zero attached hydrogens (tertiary/aromatic N) is 2. The lowest BCUT2D eigenvalue weighted by molar-refractivity contribution is 0.288. The van der Waals surface area contributed by atoms with E-state index in [1.165, 1.54) is 19.3 Å². The molecule has 4 N–H and O–H groups in total. The van der Waals surface area contributed by atoms with Crippen molar-refractivity contribution in [1.82, 2.24) is 10.2 Å². The summed E-state index contributed by atoms with van der Waals surface area (Å²) in [7, 11) is 4.22. The SMILES string of the molecule is CC(C)CC(CN(C)C)NCC1(CC(N)=NO)CC1. The second-order valence-electron chi connectivity index (χ2n) is 6.74. The Morgan fingerprint density at radius 3 is 2.47 bits per heavy atom. The van der Waals surface area contributed by atoms with Crippen LogP contribution in [-0.2, 0) is 0 Å². The number of oxime groups is 1. The highest BCUT2D eigenvalue weighted by molar-refractivity contribution is 5.80. The molecule has 1 aliphatic rings. The molecule has 0 spiro atoms. The second-order valence-corrected chi connectivity index (χ2v) is 6.74. The van der Waals surface area contributed by atoms with Crippen molar-refractivity contribution in [3.63, 3.8) is 0 Å². The smallest absolute Gasteiger partial charge is 0.139 e. The van der Waals surface area contributed by atoms with E-state index < -0.39 is 0 Å². The van der Waals surface area contributed by atoms with Gasteiger partial charge in [-0.3, -0.25) is 0 Å². The van der Waals surface area contributed by atoms with E-state index in [0.29, 0.717) is 24.2 Å². The summed E-state index contributed by atoms with van der Waals surface area (Å²) in [5, 5.41) is 15.5. The Bertz CT molecular complexity index is 288. The van der Waals surface area contributed by atoms with Crippen LogP contribution in [0, 0.1) is 11.3 Å². The lowest BCUT2D eigenvalue weighted by atomic mass is 9.99. The van der Waals surface area contributed by atoms with Crippen molar-refractivity contribution in [3.05, 3.63) is 0 Å². The van der Waals surface area contributed by atoms with Crippen molar-refractivity contribution < 1.29 is 5.21 Å². The Labute approximate surface area is 117 Å². The van der Waals surface area contributed by atoms with Crippen LogP contribution in [0.1, 0.15) is 39.5 Å². The Morgan fingerprint density at radius 1 is 1.42 bits per heavy atom. The minimum absolute atomic E-state index is 0.234. The molecule has 0 amide bonds. The summed E-state index contributed by atoms with van der Waals surface area (Å²) < 4.78 is 0. The fraction of sp³-hybridized carbons (Fsp3) is 0.929. The third kappa shape index (κ3) is 6.25. The van der Waals surface area contributed by atoms with E-state index in [1.807, 2.05) is 0 Å². The molecule has 1 unspecified atom stereocenters. The normalized spacial score (nSPS) is 20.0. The molecule has 0 saturated heterocycles. The van der Waals surface area contributed by atoms with Crippen molar-refractivity contribution in [3.8, 4) is 0 Å². The van der Waals surface area contributed by atoms with E-state index in [9.17, 15) is 0 Å². The number of nitrogens with two attached hydrogens (primary N) is 1. The zero-order chi connectivity index (χ0) is 14.5. The molecule has 0 bridgehead atoms. The van der Waals surface area contributed by atoms with E-state index >= 15 is 0 Å². The van der Waals surface area contributed by atoms with E-state index in [0.717, 1.165) is 13.1 Å². The predicted molar refractivity (Wildman–Crippen MR) is 79.5 cm³/mol. The molecule has 0 radical (unpaired) electrons. The molecule has 1 aliphatic carbocycles. The van der Waals surface area contributed by atoms with E-state index in [4.69, 9.17) is 10.9 Å². The molecule has 19 heavy (non-hydrogen) atoms. The van der Waals surface area contributed by atoms with Gasteiger partial charge in [-0.05, 0) is 44.7 Å². The first kappa shape index (κ1) is 16.2. The van der Waals surface area contributed by atoms with Crippen LogP contribution < -0.4 is 11.1 Å². The standard InChI is InChI=1S/C14H30N4O/c1-11(2)7-12(9-18(3)4)16-10-14(5-6-14)8-13(15)17-19/h11-12,16,19H,5-10H2,1-4H3,(H2,15,17). The number of hydrogen-bond donors (Lipinski definition) is 3. The minimum atomic E-state index is 0.234. The molecule has 0 aromatic heterocycles. The van der Waals surface area contributed by atoms with Crippen LogP contribution in [0.25, 0.3) is 0 Å². The zero-order valence-corrected chi connectivity index (χ0v) is 12.8. The zero-order valence-electron chi connectivity index (χ0n) is 12.8. The predicted octanol–water partition coefficient (Wildman–Crippen LogP) is 1.47. The molecule has 1 saturated carbocycles. The van der Waals surface area contributed by atoms with Gasteiger partial charge in [-0.25, -0.2) is 0 Å². The third-order valence-electron chi connectivity index (χ3n) is 3.75. The van der Waals surface area contributed by atoms with Crippen molar-refractivity contribution in [2.75, 3.05) is 27.2 Å². The first-order valence-electron chi connectivity index (χ1n) is 7.21. The van der Waals surface area contributed by atoms with Crippen molar-refractivity contribution in [2.45, 2.75) is 45.6 Å². The van der Waals surface area contributed by atoms with Crippen LogP contribution in [0.2, 0.25) is 0 Å². The average Bonchev–Trinajstić information content (AvgIpc) is 3.05. The summed E-state index contributed by atoms with van der Waals surface area (Å²) in [5.74, 6) is 1.05. The molecule has 0 heterocycles. The van der Waals surface area contributed by atoms with Crippen LogP contribution in [-0.4, -0.2) is 49.2 Å². The molecule has 5 nitrogen and oxygen atoms in total. The van der Waals surface area contributed by atoms with Gasteiger partial charge in [-0.1, -0.05) is 19.0 Å². The summed E-state index contributed by atoms with van der Waals surface area (Å²) in [5.41, 5.74) is 5.86. The summed E-state index contributed by atoms with van der Waals surface area (Å²) >= 11 is 0. The number of hydrogen-bond acceptors (Lipinski definition) is 4. The van der Waals surface area contributed by atoms with Gasteiger partial charge in [0.15, 0.2) is 0 Å². The fourth-order valence-electron chi connectivity index (χ4n) is 2.61. The van der Waals surface area contributed by atoms with Crippen molar-refractivity contribution in [1.29, 1.82) is 0 Å². The number of rotatable bonds is 9. The molecule has 0 aromatic rings. The summed E-state index contributed by atoms with van der Waals surface area (Å²) in [6, 6.07) is 0.514. The van der Waals surface area contributed by atoms with Gasteiger partial charge in [0.2, 0.25) is 0 Å². The lowest BCUT2D eigenvalue weighted by Crippen LogP contribution is -2.42. The first-order chi connectivity index (χ1) is 8.87. The highest BCUT2D eigenvalue weighted by Crippen LogP contribution is 2.48. The van der Waals surface area contributed by atoms with Gasteiger partial charge in [0.25, 0.3) is 0 Å². The molecule has 0 aromatic carbocycles. The lowest BCUT2D eigenvalue weighted by Gasteiger charge is -2.26. The Balaban J connectivity index is 2.42. The monoisotopic (exact) mass is 270 g/mol. The van der Waals surface area contributed by atoms with Gasteiger partial charge in [0.05, 0.1) is 0 Å². The van der Waals surface area contributed by atoms with E-state index in [2.05, 4.69) is 43.3 Å². The van der Waals surface area contributed by atoms with Gasteiger partial charge in [0.1, 0.15) is 5.84 Å². The largest absolute Gasteiger partial charge is 0.409 e. The van der Waals surface area contributed by atoms with Gasteiger partial charge >= 0.3 is 0 Å². The number of nitrogens with one attached hydrogen (secondary N) is 1. The van der Waals surface area contributed by atoms with Crippen LogP contribution in [0.3, 0.4) is 0 Å². The first-order valence-corrected chi connectivity index (χ1v) is 7.21. The molecule has 5 heteroatoms. The Kier molecular flexibility index (Phi) is 6.07. The molecular formula is C14H30N4O. The van der Waals surface area contributed by atoms with E-state index in [-0.39, 0.29) is 5.41 Å². The highest BCUT2D eigenvalue weighted by atomic mass is 16.4. The number of amidine groups is 1. The fourth-order valence-corrected chi connectivity index (χ4v) is 2.61. The van der Waals surface area contributed by atoms with Crippen molar-refractivity contribution >= 4 is 5.84 Å². The molecular weight excluding hydrogens is 240 g/mol. The van der Waals surface area contributed by atoms with Crippen LogP contribution >= 0.6 is 0 Å². The minimum Gasteiger partial charge on any atom is -0.409 e. The molecule has 1 rings (SSSR count). The highest BCUT2D eigenvalue weighted by Gasteiger charge is 2.43. The van der Waals surface area contributed by atoms with Crippen LogP contribution in [0.4, 0.5) is 0 Å². The molecule has 112 valence electrons. The summed E-state index contributed by atoms with van der Waals surface area (Å²) in [4.78, 5) is 2.23. The second kappa shape index (κ2) is 7.10. The maximum absolute atomic E-state index is 8.68. The quantitative estimate of drug-likeness (QED) is 0.257. The van der Waals surface area contributed by atoms with Crippen LogP contribution in [0.5, 0.6) is 0 Å². The van der Waals surface area contributed by atoms with Gasteiger partial charge in [-0.2, -0.15) is 0 Å². The maximum Gasteiger partial charge on any atom is 0.139 e. The van der Waals surface area contributed by atoms with Crippen LogP contribution in [0.15, 0.2) is 5.16 Å². The third-order valence-corrected chi connectivity index (χ3v) is 3.75. The van der Waals surface area contributed by atoms with Crippen molar-refractivity contribution in [2.24, 2.45) is 22.2 Å². The number of likely N-dealkylation sites (N-methyl/N-ethyl adjacent to an activating group) is 1. The van der Waals surface area contributed by atoms with Gasteiger partial charge in [0, 0.05) is 25.6 Å². The Morgan fingerprint density at radius 2 is 2.05 bits per heavy atom. The molecule has 1 fully saturated rings. The van der Waals surface area contributed by atoms with Gasteiger partial charge < -0.3 is 21.2 Å². The Hall–Kier alpha value is -0.810. The van der Waals surface area contributed by atoms with E-state index in [1.54, 1.807) is 0 Å². The molecule has 1 atom stereocenters. The average molecular weight is 270 g/mol.